The molecule has 1 aliphatic rings. The Bertz CT molecular complexity index is 912. The fourth-order valence-electron chi connectivity index (χ4n) is 3.25. The molecule has 1 saturated heterocycles. The first-order valence-corrected chi connectivity index (χ1v) is 11.6. The molecule has 0 saturated carbocycles. The van der Waals surface area contributed by atoms with E-state index in [-0.39, 0.29) is 0 Å². The minimum atomic E-state index is 0.332. The number of likely N-dealkylation sites (tertiary alicyclic amines) is 1. The van der Waals surface area contributed by atoms with Gasteiger partial charge >= 0.3 is 0 Å². The molecular weight excluding hydrogens is 585 g/mol. The monoisotopic (exact) mass is 605 g/mol. The second-order valence-electron chi connectivity index (χ2n) is 6.77. The van der Waals surface area contributed by atoms with Gasteiger partial charge in [-0.15, -0.1) is 0 Å². The van der Waals surface area contributed by atoms with Gasteiger partial charge in [0, 0.05) is 33.3 Å². The molecule has 1 atom stereocenters. The second-order valence-corrected chi connectivity index (χ2v) is 9.76. The zero-order chi connectivity index (χ0) is 19.4. The number of phenolic OH excluding ortho intramolecular Hbond substituents is 1. The summed E-state index contributed by atoms with van der Waals surface area (Å²) in [5.74, 6) is 1.43. The summed E-state index contributed by atoms with van der Waals surface area (Å²) in [7, 11) is 0. The van der Waals surface area contributed by atoms with Gasteiger partial charge in [-0.05, 0) is 91.4 Å². The van der Waals surface area contributed by atoms with E-state index in [0.29, 0.717) is 5.75 Å². The number of nitrogens with zero attached hydrogens (tertiary/aromatic N) is 1. The number of furan rings is 1. The van der Waals surface area contributed by atoms with Crippen LogP contribution in [0.2, 0.25) is 0 Å². The van der Waals surface area contributed by atoms with Gasteiger partial charge in [0.25, 0.3) is 0 Å². The van der Waals surface area contributed by atoms with Crippen LogP contribution in [0, 0.1) is 3.57 Å². The van der Waals surface area contributed by atoms with Crippen molar-refractivity contribution in [3.8, 4) is 5.75 Å². The van der Waals surface area contributed by atoms with Crippen LogP contribution in [0.3, 0.4) is 0 Å². The maximum absolute atomic E-state index is 9.02. The second kappa shape index (κ2) is 9.76. The molecule has 4 rings (SSSR count). The van der Waals surface area contributed by atoms with E-state index < -0.39 is 0 Å². The average Bonchev–Trinajstić information content (AvgIpc) is 3.22. The van der Waals surface area contributed by atoms with Crippen LogP contribution in [0.5, 0.6) is 5.75 Å². The van der Waals surface area contributed by atoms with Crippen LogP contribution in [0.15, 0.2) is 55.8 Å². The van der Waals surface area contributed by atoms with Crippen LogP contribution in [0.1, 0.15) is 25.5 Å². The maximum atomic E-state index is 9.02. The van der Waals surface area contributed by atoms with Gasteiger partial charge in [0.15, 0.2) is 0 Å². The molecule has 0 aliphatic carbocycles. The van der Waals surface area contributed by atoms with Gasteiger partial charge in [-0.1, -0.05) is 31.9 Å². The summed E-state index contributed by atoms with van der Waals surface area (Å²) in [6, 6.07) is 14.4. The summed E-state index contributed by atoms with van der Waals surface area (Å²) in [6.07, 6.45) is 3.69. The first kappa shape index (κ1) is 21.1. The number of phenols is 1. The first-order valence-electron chi connectivity index (χ1n) is 8.98. The third kappa shape index (κ3) is 5.95. The van der Waals surface area contributed by atoms with Crippen molar-refractivity contribution < 1.29 is 9.52 Å². The molecule has 2 aromatic carbocycles. The molecule has 144 valence electrons. The van der Waals surface area contributed by atoms with Crippen molar-refractivity contribution in [3.05, 3.63) is 60.7 Å². The third-order valence-electron chi connectivity index (χ3n) is 4.78. The molecule has 0 spiro atoms. The summed E-state index contributed by atoms with van der Waals surface area (Å²) in [5, 5.41) is 10.2. The lowest BCUT2D eigenvalue weighted by molar-refractivity contribution is 0.266. The molecule has 6 heteroatoms. The highest BCUT2D eigenvalue weighted by atomic mass is 127. The zero-order valence-electron chi connectivity index (χ0n) is 15.1. The first-order chi connectivity index (χ1) is 12.9. The summed E-state index contributed by atoms with van der Waals surface area (Å²) in [5.41, 5.74) is 0.989. The largest absolute Gasteiger partial charge is 0.507 e. The number of aromatic hydroxyl groups is 1. The van der Waals surface area contributed by atoms with Gasteiger partial charge in [0.2, 0.25) is 0 Å². The quantitative estimate of drug-likeness (QED) is 0.327. The van der Waals surface area contributed by atoms with Crippen LogP contribution in [-0.4, -0.2) is 29.1 Å². The molecule has 1 aromatic heterocycles. The molecule has 0 radical (unpaired) electrons. The van der Waals surface area contributed by atoms with Crippen molar-refractivity contribution in [1.82, 2.24) is 4.90 Å². The van der Waals surface area contributed by atoms with Gasteiger partial charge < -0.3 is 14.4 Å². The molecule has 1 N–H and O–H groups in total. The molecule has 0 unspecified atom stereocenters. The average molecular weight is 607 g/mol. The van der Waals surface area contributed by atoms with Crippen LogP contribution in [-0.2, 0) is 6.42 Å². The van der Waals surface area contributed by atoms with E-state index >= 15 is 0 Å². The predicted octanol–water partition coefficient (Wildman–Crippen LogP) is 6.98. The highest BCUT2D eigenvalue weighted by Gasteiger charge is 2.19. The number of rotatable bonds is 3. The molecule has 1 aliphatic heterocycles. The van der Waals surface area contributed by atoms with Crippen LogP contribution < -0.4 is 0 Å². The Balaban J connectivity index is 0.000000197. The van der Waals surface area contributed by atoms with Gasteiger partial charge in [0.1, 0.15) is 17.1 Å². The van der Waals surface area contributed by atoms with Crippen LogP contribution in [0.25, 0.3) is 11.0 Å². The highest BCUT2D eigenvalue weighted by Crippen LogP contribution is 2.25. The van der Waals surface area contributed by atoms with E-state index in [4.69, 9.17) is 9.52 Å². The van der Waals surface area contributed by atoms with Crippen molar-refractivity contribution in [2.45, 2.75) is 32.2 Å². The van der Waals surface area contributed by atoms with E-state index in [2.05, 4.69) is 78.4 Å². The van der Waals surface area contributed by atoms with E-state index in [1.165, 1.54) is 24.8 Å². The van der Waals surface area contributed by atoms with Gasteiger partial charge in [-0.2, -0.15) is 0 Å². The highest BCUT2D eigenvalue weighted by molar-refractivity contribution is 14.1. The molecule has 3 nitrogen and oxygen atoms in total. The summed E-state index contributed by atoms with van der Waals surface area (Å²) in [4.78, 5) is 2.56. The lowest BCUT2D eigenvalue weighted by Gasteiger charge is -2.19. The lowest BCUT2D eigenvalue weighted by atomic mass is 10.2. The van der Waals surface area contributed by atoms with Crippen molar-refractivity contribution >= 4 is 65.4 Å². The minimum absolute atomic E-state index is 0.332. The Morgan fingerprint density at radius 3 is 2.56 bits per heavy atom. The normalized spacial score (nSPS) is 17.1. The number of halogens is 3. The topological polar surface area (TPSA) is 36.6 Å². The van der Waals surface area contributed by atoms with Crippen molar-refractivity contribution in [3.63, 3.8) is 0 Å². The molecule has 2 heterocycles. The van der Waals surface area contributed by atoms with Crippen LogP contribution in [0.4, 0.5) is 0 Å². The third-order valence-corrected chi connectivity index (χ3v) is 6.63. The predicted molar refractivity (Wildman–Crippen MR) is 126 cm³/mol. The minimum Gasteiger partial charge on any atom is -0.507 e. The van der Waals surface area contributed by atoms with E-state index in [1.807, 2.05) is 18.2 Å². The van der Waals surface area contributed by atoms with E-state index in [1.54, 1.807) is 12.1 Å². The summed E-state index contributed by atoms with van der Waals surface area (Å²) >= 11 is 8.84. The smallest absolute Gasteiger partial charge is 0.134 e. The van der Waals surface area contributed by atoms with E-state index in [9.17, 15) is 0 Å². The van der Waals surface area contributed by atoms with Gasteiger partial charge in [-0.25, -0.2) is 0 Å². The van der Waals surface area contributed by atoms with Gasteiger partial charge in [-0.3, -0.25) is 0 Å². The Kier molecular flexibility index (Phi) is 7.65. The molecule has 3 aromatic rings. The van der Waals surface area contributed by atoms with Crippen molar-refractivity contribution in [2.75, 3.05) is 13.1 Å². The Morgan fingerprint density at radius 1 is 1.15 bits per heavy atom. The molecule has 0 bridgehead atoms. The summed E-state index contributed by atoms with van der Waals surface area (Å²) in [6.45, 7) is 4.68. The zero-order valence-corrected chi connectivity index (χ0v) is 20.4. The fourth-order valence-corrected chi connectivity index (χ4v) is 4.94. The standard InChI is InChI=1S/C15H18BrNO.C6H4BrIO/c1-11-3-2-7-17(11)8-6-14-10-12-9-13(16)4-5-15(12)18-14;7-4-1-2-6(9)5(8)3-4/h4-5,9-11H,2-3,6-8H2,1H3;1-3,9H/t11-;/m1./s1. The lowest BCUT2D eigenvalue weighted by Crippen LogP contribution is -2.28. The Labute approximate surface area is 190 Å². The molecular formula is C21H22Br2INO2. The number of hydrogen-bond acceptors (Lipinski definition) is 3. The molecule has 1 fully saturated rings. The van der Waals surface area contributed by atoms with Crippen molar-refractivity contribution in [1.29, 1.82) is 0 Å². The number of fused-ring (bicyclic) bond motifs is 1. The SMILES string of the molecule is C[C@@H]1CCCN1CCc1cc2cc(Br)ccc2o1.Oc1ccc(Br)cc1I. The van der Waals surface area contributed by atoms with Gasteiger partial charge in [0.05, 0.1) is 3.57 Å². The summed E-state index contributed by atoms with van der Waals surface area (Å²) < 4.78 is 8.83. The number of benzene rings is 2. The number of hydrogen-bond donors (Lipinski definition) is 1. The molecule has 27 heavy (non-hydrogen) atoms. The van der Waals surface area contributed by atoms with E-state index in [0.717, 1.165) is 42.9 Å². The van der Waals surface area contributed by atoms with Crippen LogP contribution >= 0.6 is 54.5 Å². The maximum Gasteiger partial charge on any atom is 0.134 e. The Hall–Kier alpha value is -0.570. The van der Waals surface area contributed by atoms with Crippen molar-refractivity contribution in [2.24, 2.45) is 0 Å². The Morgan fingerprint density at radius 2 is 1.89 bits per heavy atom. The fraction of sp³-hybridized carbons (Fsp3) is 0.333. The molecule has 0 amide bonds.